The van der Waals surface area contributed by atoms with E-state index in [1.165, 1.54) is 5.75 Å². The molecule has 0 heterocycles. The number of rotatable bonds is 7. The van der Waals surface area contributed by atoms with Crippen LogP contribution in [0.2, 0.25) is 5.02 Å². The second kappa shape index (κ2) is 9.98. The molecule has 0 aliphatic rings. The minimum Gasteiger partial charge on any atom is -0.356 e. The van der Waals surface area contributed by atoms with Crippen LogP contribution in [0.4, 0.5) is 0 Å². The van der Waals surface area contributed by atoms with E-state index in [1.807, 2.05) is 30.0 Å². The van der Waals surface area contributed by atoms with E-state index in [9.17, 15) is 0 Å². The standard InChI is InChI=1S/C14H22ClN3S/c1-16-14(17-9-5-11-19-2)18-10-8-12-6-3-4-7-13(12)15/h3-4,6-7H,5,8-11H2,1-2H3,(H2,16,17,18). The highest BCUT2D eigenvalue weighted by Gasteiger charge is 2.00. The molecule has 106 valence electrons. The van der Waals surface area contributed by atoms with E-state index in [0.717, 1.165) is 42.5 Å². The van der Waals surface area contributed by atoms with Gasteiger partial charge in [0.2, 0.25) is 0 Å². The van der Waals surface area contributed by atoms with E-state index in [2.05, 4.69) is 27.9 Å². The van der Waals surface area contributed by atoms with Crippen molar-refractivity contribution >= 4 is 29.3 Å². The van der Waals surface area contributed by atoms with Crippen molar-refractivity contribution in [1.82, 2.24) is 10.6 Å². The lowest BCUT2D eigenvalue weighted by Crippen LogP contribution is -2.38. The summed E-state index contributed by atoms with van der Waals surface area (Å²) in [6.45, 7) is 1.78. The van der Waals surface area contributed by atoms with Gasteiger partial charge in [-0.2, -0.15) is 11.8 Å². The monoisotopic (exact) mass is 299 g/mol. The topological polar surface area (TPSA) is 36.4 Å². The van der Waals surface area contributed by atoms with Gasteiger partial charge in [0.25, 0.3) is 0 Å². The van der Waals surface area contributed by atoms with Gasteiger partial charge in [-0.25, -0.2) is 0 Å². The first kappa shape index (κ1) is 16.2. The van der Waals surface area contributed by atoms with Crippen LogP contribution in [0.5, 0.6) is 0 Å². The maximum Gasteiger partial charge on any atom is 0.190 e. The molecule has 0 radical (unpaired) electrons. The van der Waals surface area contributed by atoms with Crippen molar-refractivity contribution in [3.05, 3.63) is 34.9 Å². The minimum absolute atomic E-state index is 0.825. The first-order valence-corrected chi connectivity index (χ1v) is 8.22. The number of hydrogen-bond donors (Lipinski definition) is 2. The van der Waals surface area contributed by atoms with Crippen LogP contribution in [0.25, 0.3) is 0 Å². The number of nitrogens with one attached hydrogen (secondary N) is 2. The van der Waals surface area contributed by atoms with E-state index in [1.54, 1.807) is 7.05 Å². The predicted octanol–water partition coefficient (Wildman–Crippen LogP) is 2.80. The number of benzene rings is 1. The zero-order chi connectivity index (χ0) is 13.9. The fraction of sp³-hybridized carbons (Fsp3) is 0.500. The van der Waals surface area contributed by atoms with Crippen molar-refractivity contribution in [2.45, 2.75) is 12.8 Å². The Hall–Kier alpha value is -0.870. The molecule has 1 aromatic rings. The molecule has 0 saturated heterocycles. The van der Waals surface area contributed by atoms with E-state index in [0.29, 0.717) is 0 Å². The molecule has 3 nitrogen and oxygen atoms in total. The van der Waals surface area contributed by atoms with Gasteiger partial charge < -0.3 is 10.6 Å². The first-order valence-electron chi connectivity index (χ1n) is 6.44. The normalized spacial score (nSPS) is 11.4. The maximum absolute atomic E-state index is 6.12. The summed E-state index contributed by atoms with van der Waals surface area (Å²) in [5.41, 5.74) is 1.16. The third kappa shape index (κ3) is 6.73. The number of nitrogens with zero attached hydrogens (tertiary/aromatic N) is 1. The van der Waals surface area contributed by atoms with Crippen LogP contribution in [-0.4, -0.2) is 38.1 Å². The Bertz CT molecular complexity index is 396. The Morgan fingerprint density at radius 2 is 2.00 bits per heavy atom. The first-order chi connectivity index (χ1) is 9.27. The Balaban J connectivity index is 2.25. The summed E-state index contributed by atoms with van der Waals surface area (Å²) in [7, 11) is 1.79. The summed E-state index contributed by atoms with van der Waals surface area (Å²) in [6.07, 6.45) is 4.16. The van der Waals surface area contributed by atoms with Crippen LogP contribution >= 0.6 is 23.4 Å². The average molecular weight is 300 g/mol. The Morgan fingerprint density at radius 1 is 1.26 bits per heavy atom. The molecule has 0 atom stereocenters. The fourth-order valence-corrected chi connectivity index (χ4v) is 2.32. The Labute approximate surface area is 125 Å². The molecule has 0 fully saturated rings. The van der Waals surface area contributed by atoms with Gasteiger partial charge in [0.15, 0.2) is 5.96 Å². The van der Waals surface area contributed by atoms with Gasteiger partial charge in [0.1, 0.15) is 0 Å². The molecule has 0 aliphatic carbocycles. The molecule has 5 heteroatoms. The summed E-state index contributed by atoms with van der Waals surface area (Å²) in [5, 5.41) is 7.42. The number of guanidine groups is 1. The maximum atomic E-state index is 6.12. The molecule has 0 aromatic heterocycles. The van der Waals surface area contributed by atoms with Gasteiger partial charge in [-0.05, 0) is 36.5 Å². The van der Waals surface area contributed by atoms with Crippen molar-refractivity contribution in [3.63, 3.8) is 0 Å². The van der Waals surface area contributed by atoms with Gasteiger partial charge in [0.05, 0.1) is 0 Å². The molecule has 1 rings (SSSR count). The average Bonchev–Trinajstić information content (AvgIpc) is 2.43. The van der Waals surface area contributed by atoms with Crippen molar-refractivity contribution in [1.29, 1.82) is 0 Å². The zero-order valence-corrected chi connectivity index (χ0v) is 13.2. The molecule has 0 saturated carbocycles. The molecule has 2 N–H and O–H groups in total. The summed E-state index contributed by atoms with van der Waals surface area (Å²) in [5.74, 6) is 2.03. The highest BCUT2D eigenvalue weighted by molar-refractivity contribution is 7.98. The Kier molecular flexibility index (Phi) is 8.50. The lowest BCUT2D eigenvalue weighted by molar-refractivity contribution is 0.777. The third-order valence-corrected chi connectivity index (χ3v) is 3.75. The summed E-state index contributed by atoms with van der Waals surface area (Å²) in [4.78, 5) is 4.19. The van der Waals surface area contributed by atoms with Gasteiger partial charge >= 0.3 is 0 Å². The van der Waals surface area contributed by atoms with Gasteiger partial charge in [-0.3, -0.25) is 4.99 Å². The second-order valence-corrected chi connectivity index (χ2v) is 5.51. The van der Waals surface area contributed by atoms with E-state index in [4.69, 9.17) is 11.6 Å². The molecular weight excluding hydrogens is 278 g/mol. The predicted molar refractivity (Wildman–Crippen MR) is 87.5 cm³/mol. The highest BCUT2D eigenvalue weighted by atomic mass is 35.5. The van der Waals surface area contributed by atoms with Crippen LogP contribution in [-0.2, 0) is 6.42 Å². The molecule has 0 aliphatic heterocycles. The largest absolute Gasteiger partial charge is 0.356 e. The van der Waals surface area contributed by atoms with Crippen molar-refractivity contribution in [2.24, 2.45) is 4.99 Å². The molecule has 0 amide bonds. The quantitative estimate of drug-likeness (QED) is 0.462. The van der Waals surface area contributed by atoms with Crippen LogP contribution in [0.15, 0.2) is 29.3 Å². The SMILES string of the molecule is CN=C(NCCCSC)NCCc1ccccc1Cl. The molecule has 19 heavy (non-hydrogen) atoms. The van der Waals surface area contributed by atoms with E-state index >= 15 is 0 Å². The van der Waals surface area contributed by atoms with Crippen LogP contribution in [0, 0.1) is 0 Å². The number of aliphatic imine (C=N–C) groups is 1. The van der Waals surface area contributed by atoms with Crippen molar-refractivity contribution < 1.29 is 0 Å². The van der Waals surface area contributed by atoms with Gasteiger partial charge in [-0.1, -0.05) is 29.8 Å². The van der Waals surface area contributed by atoms with Crippen molar-refractivity contribution in [2.75, 3.05) is 32.1 Å². The second-order valence-electron chi connectivity index (χ2n) is 4.11. The number of halogens is 1. The summed E-state index contributed by atoms with van der Waals surface area (Å²) >= 11 is 7.98. The molecule has 0 unspecified atom stereocenters. The smallest absolute Gasteiger partial charge is 0.190 e. The summed E-state index contributed by atoms with van der Waals surface area (Å²) in [6, 6.07) is 7.94. The number of hydrogen-bond acceptors (Lipinski definition) is 2. The molecule has 0 bridgehead atoms. The summed E-state index contributed by atoms with van der Waals surface area (Å²) < 4.78 is 0. The fourth-order valence-electron chi connectivity index (χ4n) is 1.66. The van der Waals surface area contributed by atoms with Crippen molar-refractivity contribution in [3.8, 4) is 0 Å². The lowest BCUT2D eigenvalue weighted by Gasteiger charge is -2.12. The molecular formula is C14H22ClN3S. The number of thioether (sulfide) groups is 1. The van der Waals surface area contributed by atoms with Gasteiger partial charge in [0, 0.05) is 25.2 Å². The van der Waals surface area contributed by atoms with Gasteiger partial charge in [-0.15, -0.1) is 0 Å². The van der Waals surface area contributed by atoms with Crippen LogP contribution in [0.1, 0.15) is 12.0 Å². The van der Waals surface area contributed by atoms with E-state index in [-0.39, 0.29) is 0 Å². The highest BCUT2D eigenvalue weighted by Crippen LogP contribution is 2.14. The molecule has 1 aromatic carbocycles. The lowest BCUT2D eigenvalue weighted by atomic mass is 10.1. The minimum atomic E-state index is 0.825. The zero-order valence-electron chi connectivity index (χ0n) is 11.6. The molecule has 0 spiro atoms. The van der Waals surface area contributed by atoms with Crippen LogP contribution < -0.4 is 10.6 Å². The van der Waals surface area contributed by atoms with E-state index < -0.39 is 0 Å². The van der Waals surface area contributed by atoms with Crippen LogP contribution in [0.3, 0.4) is 0 Å². The third-order valence-electron chi connectivity index (χ3n) is 2.69. The Morgan fingerprint density at radius 3 is 2.68 bits per heavy atom.